The Morgan fingerprint density at radius 3 is 2.76 bits per heavy atom. The molecule has 3 rings (SSSR count). The molecule has 2 aromatic heterocycles. The van der Waals surface area contributed by atoms with Gasteiger partial charge in [-0.15, -0.1) is 5.10 Å². The number of aryl methyl sites for hydroxylation is 1. The summed E-state index contributed by atoms with van der Waals surface area (Å²) in [4.78, 5) is 12.5. The van der Waals surface area contributed by atoms with E-state index in [0.29, 0.717) is 16.0 Å². The molecule has 25 heavy (non-hydrogen) atoms. The van der Waals surface area contributed by atoms with Gasteiger partial charge in [-0.2, -0.15) is 9.78 Å². The van der Waals surface area contributed by atoms with Crippen LogP contribution in [0.4, 0.5) is 10.1 Å². The number of carbonyl (C=O) groups is 1. The monoisotopic (exact) mass is 407 g/mol. The van der Waals surface area contributed by atoms with Crippen molar-refractivity contribution in [2.24, 2.45) is 0 Å². The summed E-state index contributed by atoms with van der Waals surface area (Å²) < 4.78 is 16.1. The van der Waals surface area contributed by atoms with E-state index >= 15 is 0 Å². The van der Waals surface area contributed by atoms with Crippen LogP contribution in [0.25, 0.3) is 5.69 Å². The number of amides is 1. The second-order valence-electron chi connectivity index (χ2n) is 5.71. The number of carbonyl (C=O) groups excluding carboxylic acids is 1. The molecule has 1 aromatic carbocycles. The quantitative estimate of drug-likeness (QED) is 0.691. The summed E-state index contributed by atoms with van der Waals surface area (Å²) in [5.74, 6) is -0.398. The van der Waals surface area contributed by atoms with Gasteiger partial charge in [0, 0.05) is 0 Å². The number of aromatic amines is 1. The van der Waals surface area contributed by atoms with Crippen molar-refractivity contribution in [2.75, 3.05) is 5.32 Å². The molecule has 0 bridgehead atoms. The number of tetrazole rings is 1. The van der Waals surface area contributed by atoms with Crippen molar-refractivity contribution < 1.29 is 9.18 Å². The van der Waals surface area contributed by atoms with E-state index in [1.54, 1.807) is 6.92 Å². The molecule has 1 amide bonds. The van der Waals surface area contributed by atoms with Gasteiger partial charge in [0.15, 0.2) is 11.5 Å². The Kier molecular flexibility index (Phi) is 4.62. The molecule has 3 aromatic rings. The van der Waals surface area contributed by atoms with Crippen molar-refractivity contribution >= 4 is 27.5 Å². The Bertz CT molecular complexity index is 934. The van der Waals surface area contributed by atoms with E-state index in [2.05, 4.69) is 47.0 Å². The molecular weight excluding hydrogens is 393 g/mol. The molecule has 0 aliphatic heterocycles. The highest BCUT2D eigenvalue weighted by molar-refractivity contribution is 9.10. The lowest BCUT2D eigenvalue weighted by atomic mass is 10.1. The number of H-pyrrole nitrogens is 1. The molecule has 10 heteroatoms. The minimum Gasteiger partial charge on any atom is -0.318 e. The van der Waals surface area contributed by atoms with Crippen LogP contribution < -0.4 is 5.32 Å². The van der Waals surface area contributed by atoms with E-state index in [1.807, 2.05) is 13.8 Å². The number of nitrogens with zero attached hydrogens (tertiary/aromatic N) is 5. The van der Waals surface area contributed by atoms with Crippen molar-refractivity contribution in [1.82, 2.24) is 30.4 Å². The zero-order valence-corrected chi connectivity index (χ0v) is 15.3. The molecule has 0 aliphatic rings. The van der Waals surface area contributed by atoms with E-state index in [4.69, 9.17) is 0 Å². The molecular formula is C15H15BrFN7O. The van der Waals surface area contributed by atoms with E-state index in [0.717, 1.165) is 5.69 Å². The predicted molar refractivity (Wildman–Crippen MR) is 92.2 cm³/mol. The van der Waals surface area contributed by atoms with E-state index in [1.165, 1.54) is 22.9 Å². The lowest BCUT2D eigenvalue weighted by Gasteiger charge is -2.08. The Hall–Kier alpha value is -2.62. The Balaban J connectivity index is 1.90. The van der Waals surface area contributed by atoms with Crippen molar-refractivity contribution in [3.63, 3.8) is 0 Å². The first kappa shape index (κ1) is 17.2. The fourth-order valence-electron chi connectivity index (χ4n) is 2.27. The molecule has 0 unspecified atom stereocenters. The topological polar surface area (TPSA) is 101 Å². The minimum absolute atomic E-state index is 0.0124. The van der Waals surface area contributed by atoms with Crippen molar-refractivity contribution in [2.45, 2.75) is 26.7 Å². The Morgan fingerprint density at radius 1 is 1.40 bits per heavy atom. The summed E-state index contributed by atoms with van der Waals surface area (Å²) in [6.07, 6.45) is 0. The van der Waals surface area contributed by atoms with Gasteiger partial charge in [0.2, 0.25) is 0 Å². The maximum Gasteiger partial charge on any atom is 0.277 e. The maximum atomic E-state index is 14.1. The summed E-state index contributed by atoms with van der Waals surface area (Å²) in [6.45, 7) is 5.66. The number of halogens is 2. The zero-order chi connectivity index (χ0) is 18.1. The van der Waals surface area contributed by atoms with Crippen LogP contribution in [0.15, 0.2) is 22.7 Å². The fourth-order valence-corrected chi connectivity index (χ4v) is 3.08. The first-order valence-electron chi connectivity index (χ1n) is 7.48. The van der Waals surface area contributed by atoms with Gasteiger partial charge < -0.3 is 5.32 Å². The van der Waals surface area contributed by atoms with E-state index in [-0.39, 0.29) is 17.3 Å². The first-order chi connectivity index (χ1) is 11.9. The Morgan fingerprint density at radius 2 is 2.16 bits per heavy atom. The highest BCUT2D eigenvalue weighted by Gasteiger charge is 2.20. The standard InChI is InChI=1S/C15H15BrFN7O/c1-7(2)13-12(16)14(21-20-13)15(25)18-11-6-9(4-5-10(11)17)24-8(3)19-22-23-24/h4-7H,1-3H3,(H,18,25)(H,20,21). The molecule has 2 heterocycles. The van der Waals surface area contributed by atoms with Crippen LogP contribution in [-0.2, 0) is 0 Å². The first-order valence-corrected chi connectivity index (χ1v) is 8.27. The average molecular weight is 408 g/mol. The lowest BCUT2D eigenvalue weighted by molar-refractivity contribution is 0.102. The highest BCUT2D eigenvalue weighted by atomic mass is 79.9. The van der Waals surface area contributed by atoms with Gasteiger partial charge in [0.1, 0.15) is 5.82 Å². The second-order valence-corrected chi connectivity index (χ2v) is 6.50. The Labute approximate surface area is 150 Å². The van der Waals surface area contributed by atoms with Crippen LogP contribution >= 0.6 is 15.9 Å². The van der Waals surface area contributed by atoms with Gasteiger partial charge in [-0.3, -0.25) is 9.89 Å². The molecule has 0 atom stereocenters. The SMILES string of the molecule is Cc1nnnn1-c1ccc(F)c(NC(=O)c2n[nH]c(C(C)C)c2Br)c1. The van der Waals surface area contributed by atoms with Crippen molar-refractivity contribution in [3.05, 3.63) is 45.7 Å². The van der Waals surface area contributed by atoms with Crippen molar-refractivity contribution in [3.8, 4) is 5.69 Å². The summed E-state index contributed by atoms with van der Waals surface area (Å²) >= 11 is 3.36. The summed E-state index contributed by atoms with van der Waals surface area (Å²) in [6, 6.07) is 4.22. The third-order valence-electron chi connectivity index (χ3n) is 3.59. The number of hydrogen-bond donors (Lipinski definition) is 2. The minimum atomic E-state index is -0.571. The van der Waals surface area contributed by atoms with Crippen LogP contribution in [0.3, 0.4) is 0 Å². The molecule has 0 saturated heterocycles. The molecule has 2 N–H and O–H groups in total. The number of hydrogen-bond acceptors (Lipinski definition) is 5. The summed E-state index contributed by atoms with van der Waals surface area (Å²) in [5.41, 5.74) is 1.50. The van der Waals surface area contributed by atoms with Crippen LogP contribution in [0.2, 0.25) is 0 Å². The zero-order valence-electron chi connectivity index (χ0n) is 13.7. The van der Waals surface area contributed by atoms with Crippen LogP contribution in [-0.4, -0.2) is 36.3 Å². The van der Waals surface area contributed by atoms with Crippen LogP contribution in [0, 0.1) is 12.7 Å². The molecule has 0 radical (unpaired) electrons. The van der Waals surface area contributed by atoms with E-state index < -0.39 is 11.7 Å². The van der Waals surface area contributed by atoms with Gasteiger partial charge >= 0.3 is 0 Å². The molecule has 0 aliphatic carbocycles. The van der Waals surface area contributed by atoms with Crippen LogP contribution in [0.5, 0.6) is 0 Å². The van der Waals surface area contributed by atoms with Gasteiger partial charge in [-0.05, 0) is 57.4 Å². The largest absolute Gasteiger partial charge is 0.318 e. The van der Waals surface area contributed by atoms with Gasteiger partial charge in [-0.1, -0.05) is 13.8 Å². The molecule has 0 saturated carbocycles. The number of aromatic nitrogens is 6. The predicted octanol–water partition coefficient (Wildman–Crippen LogP) is 2.97. The maximum absolute atomic E-state index is 14.1. The fraction of sp³-hybridized carbons (Fsp3) is 0.267. The van der Waals surface area contributed by atoms with Gasteiger partial charge in [-0.25, -0.2) is 4.39 Å². The van der Waals surface area contributed by atoms with Gasteiger partial charge in [0.25, 0.3) is 5.91 Å². The van der Waals surface area contributed by atoms with E-state index in [9.17, 15) is 9.18 Å². The van der Waals surface area contributed by atoms with Gasteiger partial charge in [0.05, 0.1) is 21.5 Å². The highest BCUT2D eigenvalue weighted by Crippen LogP contribution is 2.27. The number of anilines is 1. The average Bonchev–Trinajstić information content (AvgIpc) is 3.15. The second kappa shape index (κ2) is 6.71. The summed E-state index contributed by atoms with van der Waals surface area (Å²) in [5, 5.41) is 20.5. The molecule has 8 nitrogen and oxygen atoms in total. The number of rotatable bonds is 4. The van der Waals surface area contributed by atoms with Crippen molar-refractivity contribution in [1.29, 1.82) is 0 Å². The molecule has 0 fully saturated rings. The summed E-state index contributed by atoms with van der Waals surface area (Å²) in [7, 11) is 0. The normalized spacial score (nSPS) is 11.1. The number of nitrogens with one attached hydrogen (secondary N) is 2. The molecule has 0 spiro atoms. The lowest BCUT2D eigenvalue weighted by Crippen LogP contribution is -2.14. The smallest absolute Gasteiger partial charge is 0.277 e. The third-order valence-corrected chi connectivity index (χ3v) is 4.40. The molecule has 130 valence electrons. The number of benzene rings is 1. The van der Waals surface area contributed by atoms with Crippen LogP contribution in [0.1, 0.15) is 41.8 Å². The third kappa shape index (κ3) is 3.29.